The van der Waals surface area contributed by atoms with Crippen molar-refractivity contribution in [3.05, 3.63) is 53.1 Å². The van der Waals surface area contributed by atoms with Gasteiger partial charge in [-0.15, -0.1) is 11.8 Å². The summed E-state index contributed by atoms with van der Waals surface area (Å²) in [4.78, 5) is 28.0. The van der Waals surface area contributed by atoms with Crippen LogP contribution in [0.4, 0.5) is 0 Å². The van der Waals surface area contributed by atoms with Crippen LogP contribution in [0.25, 0.3) is 0 Å². The molecule has 160 valence electrons. The van der Waals surface area contributed by atoms with Crippen molar-refractivity contribution < 1.29 is 19.1 Å². The second-order valence-electron chi connectivity index (χ2n) is 7.46. The lowest BCUT2D eigenvalue weighted by molar-refractivity contribution is -0.119. The highest BCUT2D eigenvalue weighted by Crippen LogP contribution is 2.34. The van der Waals surface area contributed by atoms with Gasteiger partial charge >= 0.3 is 0 Å². The van der Waals surface area contributed by atoms with Crippen molar-refractivity contribution in [2.45, 2.75) is 37.8 Å². The number of carbonyl (C=O) groups excluding carboxylic acids is 2. The Kier molecular flexibility index (Phi) is 7.26. The average molecular weight is 429 g/mol. The Morgan fingerprint density at radius 1 is 1.10 bits per heavy atom. The number of methoxy groups -OCH3 is 2. The minimum absolute atomic E-state index is 0.0252. The second kappa shape index (κ2) is 9.89. The first kappa shape index (κ1) is 22.0. The van der Waals surface area contributed by atoms with Crippen LogP contribution in [-0.2, 0) is 17.8 Å². The van der Waals surface area contributed by atoms with Gasteiger partial charge in [0.2, 0.25) is 5.91 Å². The predicted octanol–water partition coefficient (Wildman–Crippen LogP) is 3.52. The summed E-state index contributed by atoms with van der Waals surface area (Å²) in [5.74, 6) is 1.59. The molecule has 1 aliphatic heterocycles. The van der Waals surface area contributed by atoms with E-state index in [0.29, 0.717) is 30.2 Å². The Labute approximate surface area is 181 Å². The van der Waals surface area contributed by atoms with E-state index in [0.717, 1.165) is 16.9 Å². The van der Waals surface area contributed by atoms with Crippen molar-refractivity contribution in [1.82, 2.24) is 10.2 Å². The molecular weight excluding hydrogens is 400 g/mol. The van der Waals surface area contributed by atoms with E-state index in [-0.39, 0.29) is 23.6 Å². The SMILES string of the molecule is COc1cc2c(cc1OC)CN(C(=O)c1ccccc1SCC(=O)NC(C)C)CC2. The Hall–Kier alpha value is -2.67. The second-order valence-corrected chi connectivity index (χ2v) is 8.48. The number of benzene rings is 2. The summed E-state index contributed by atoms with van der Waals surface area (Å²) in [6.07, 6.45) is 0.757. The van der Waals surface area contributed by atoms with Crippen LogP contribution in [0.2, 0.25) is 0 Å². The zero-order chi connectivity index (χ0) is 21.7. The standard InChI is InChI=1S/C23H28N2O4S/c1-15(2)24-22(26)14-30-21-8-6-5-7-18(21)23(27)25-10-9-16-11-19(28-3)20(29-4)12-17(16)13-25/h5-8,11-12,15H,9-10,13-14H2,1-4H3,(H,24,26). The third-order valence-electron chi connectivity index (χ3n) is 4.93. The summed E-state index contributed by atoms with van der Waals surface area (Å²) in [6, 6.07) is 11.5. The molecule has 2 aromatic rings. The maximum atomic E-state index is 13.3. The molecule has 1 N–H and O–H groups in total. The fourth-order valence-corrected chi connectivity index (χ4v) is 4.36. The van der Waals surface area contributed by atoms with E-state index in [1.54, 1.807) is 14.2 Å². The lowest BCUT2D eigenvalue weighted by Gasteiger charge is -2.30. The number of nitrogens with one attached hydrogen (secondary N) is 1. The van der Waals surface area contributed by atoms with Gasteiger partial charge < -0.3 is 19.7 Å². The number of amides is 2. The van der Waals surface area contributed by atoms with E-state index in [4.69, 9.17) is 9.47 Å². The number of rotatable bonds is 7. The van der Waals surface area contributed by atoms with Gasteiger partial charge in [-0.1, -0.05) is 12.1 Å². The number of hydrogen-bond acceptors (Lipinski definition) is 5. The summed E-state index contributed by atoms with van der Waals surface area (Å²) in [5.41, 5.74) is 2.86. The van der Waals surface area contributed by atoms with Gasteiger partial charge in [0.15, 0.2) is 11.5 Å². The van der Waals surface area contributed by atoms with Crippen molar-refractivity contribution >= 4 is 23.6 Å². The zero-order valence-corrected chi connectivity index (χ0v) is 18.7. The third kappa shape index (κ3) is 5.08. The zero-order valence-electron chi connectivity index (χ0n) is 17.9. The minimum atomic E-state index is -0.0369. The summed E-state index contributed by atoms with van der Waals surface area (Å²) in [6.45, 7) is 5.01. The number of ether oxygens (including phenoxy) is 2. The molecule has 1 aliphatic rings. The molecule has 1 heterocycles. The van der Waals surface area contributed by atoms with E-state index in [1.165, 1.54) is 17.3 Å². The number of thioether (sulfide) groups is 1. The van der Waals surface area contributed by atoms with Crippen molar-refractivity contribution in [2.75, 3.05) is 26.5 Å². The topological polar surface area (TPSA) is 67.9 Å². The van der Waals surface area contributed by atoms with Gasteiger partial charge in [0.1, 0.15) is 0 Å². The smallest absolute Gasteiger partial charge is 0.255 e. The lowest BCUT2D eigenvalue weighted by Crippen LogP contribution is -2.36. The molecule has 30 heavy (non-hydrogen) atoms. The van der Waals surface area contributed by atoms with Gasteiger partial charge in [-0.3, -0.25) is 9.59 Å². The fraction of sp³-hybridized carbons (Fsp3) is 0.391. The van der Waals surface area contributed by atoms with E-state index >= 15 is 0 Å². The van der Waals surface area contributed by atoms with Gasteiger partial charge in [0.25, 0.3) is 5.91 Å². The highest BCUT2D eigenvalue weighted by molar-refractivity contribution is 8.00. The van der Waals surface area contributed by atoms with E-state index in [2.05, 4.69) is 5.32 Å². The van der Waals surface area contributed by atoms with Crippen LogP contribution in [0.1, 0.15) is 35.3 Å². The summed E-state index contributed by atoms with van der Waals surface area (Å²) in [7, 11) is 3.23. The molecule has 0 radical (unpaired) electrons. The first-order chi connectivity index (χ1) is 14.4. The Bertz CT molecular complexity index is 929. The fourth-order valence-electron chi connectivity index (χ4n) is 3.50. The van der Waals surface area contributed by atoms with E-state index in [1.807, 2.05) is 55.1 Å². The predicted molar refractivity (Wildman–Crippen MR) is 118 cm³/mol. The van der Waals surface area contributed by atoms with Gasteiger partial charge in [-0.05, 0) is 55.7 Å². The van der Waals surface area contributed by atoms with Gasteiger partial charge in [0.05, 0.1) is 25.5 Å². The normalized spacial score (nSPS) is 13.0. The number of hydrogen-bond donors (Lipinski definition) is 1. The maximum absolute atomic E-state index is 13.3. The van der Waals surface area contributed by atoms with Crippen LogP contribution in [0.5, 0.6) is 11.5 Å². The Balaban J connectivity index is 1.76. The molecule has 0 saturated carbocycles. The van der Waals surface area contributed by atoms with Crippen LogP contribution in [0, 0.1) is 0 Å². The Morgan fingerprint density at radius 3 is 2.43 bits per heavy atom. The number of nitrogens with zero attached hydrogens (tertiary/aromatic N) is 1. The van der Waals surface area contributed by atoms with Crippen molar-refractivity contribution in [2.24, 2.45) is 0 Å². The molecular formula is C23H28N2O4S. The van der Waals surface area contributed by atoms with Crippen LogP contribution in [0.15, 0.2) is 41.3 Å². The molecule has 0 fully saturated rings. The van der Waals surface area contributed by atoms with Crippen LogP contribution in [0.3, 0.4) is 0 Å². The van der Waals surface area contributed by atoms with E-state index < -0.39 is 0 Å². The summed E-state index contributed by atoms with van der Waals surface area (Å²) >= 11 is 1.39. The van der Waals surface area contributed by atoms with Crippen LogP contribution in [-0.4, -0.2) is 49.3 Å². The van der Waals surface area contributed by atoms with Crippen LogP contribution >= 0.6 is 11.8 Å². The van der Waals surface area contributed by atoms with Crippen molar-refractivity contribution in [3.63, 3.8) is 0 Å². The minimum Gasteiger partial charge on any atom is -0.493 e. The first-order valence-electron chi connectivity index (χ1n) is 9.97. The Morgan fingerprint density at radius 2 is 1.77 bits per heavy atom. The molecule has 0 saturated heterocycles. The van der Waals surface area contributed by atoms with Crippen molar-refractivity contribution in [1.29, 1.82) is 0 Å². The average Bonchev–Trinajstić information content (AvgIpc) is 2.75. The van der Waals surface area contributed by atoms with Gasteiger partial charge in [-0.2, -0.15) is 0 Å². The molecule has 2 amide bonds. The molecule has 0 bridgehead atoms. The van der Waals surface area contributed by atoms with Gasteiger partial charge in [0, 0.05) is 24.0 Å². The van der Waals surface area contributed by atoms with Crippen LogP contribution < -0.4 is 14.8 Å². The van der Waals surface area contributed by atoms with Gasteiger partial charge in [-0.25, -0.2) is 0 Å². The molecule has 6 nitrogen and oxygen atoms in total. The molecule has 0 atom stereocenters. The molecule has 7 heteroatoms. The largest absolute Gasteiger partial charge is 0.493 e. The monoisotopic (exact) mass is 428 g/mol. The maximum Gasteiger partial charge on any atom is 0.255 e. The van der Waals surface area contributed by atoms with E-state index in [9.17, 15) is 9.59 Å². The molecule has 0 aliphatic carbocycles. The molecule has 0 aromatic heterocycles. The first-order valence-corrected chi connectivity index (χ1v) is 11.0. The molecule has 0 spiro atoms. The molecule has 3 rings (SSSR count). The molecule has 2 aromatic carbocycles. The van der Waals surface area contributed by atoms with Crippen molar-refractivity contribution in [3.8, 4) is 11.5 Å². The summed E-state index contributed by atoms with van der Waals surface area (Å²) in [5, 5.41) is 2.88. The third-order valence-corrected chi connectivity index (χ3v) is 6.00. The quantitative estimate of drug-likeness (QED) is 0.684. The molecule has 0 unspecified atom stereocenters. The summed E-state index contributed by atoms with van der Waals surface area (Å²) < 4.78 is 10.8. The number of carbonyl (C=O) groups is 2. The number of fused-ring (bicyclic) bond motifs is 1. The highest BCUT2D eigenvalue weighted by atomic mass is 32.2. The lowest BCUT2D eigenvalue weighted by atomic mass is 9.98. The highest BCUT2D eigenvalue weighted by Gasteiger charge is 2.25.